The van der Waals surface area contributed by atoms with Crippen LogP contribution in [0.25, 0.3) is 0 Å². The van der Waals surface area contributed by atoms with Crippen LogP contribution in [0, 0.1) is 5.82 Å². The molecule has 9 heteroatoms. The molecule has 136 valence electrons. The van der Waals surface area contributed by atoms with Crippen molar-refractivity contribution in [2.45, 2.75) is 12.8 Å². The Labute approximate surface area is 153 Å². The van der Waals surface area contributed by atoms with E-state index in [1.165, 1.54) is 12.3 Å². The molecule has 0 heterocycles. The number of hydrazone groups is 1. The van der Waals surface area contributed by atoms with Crippen LogP contribution in [0.3, 0.4) is 0 Å². The lowest BCUT2D eigenvalue weighted by molar-refractivity contribution is 0.0171. The summed E-state index contributed by atoms with van der Waals surface area (Å²) >= 11 is 5.77. The minimum absolute atomic E-state index is 0.000726. The highest BCUT2D eigenvalue weighted by molar-refractivity contribution is 6.30. The first-order valence-corrected chi connectivity index (χ1v) is 7.72. The summed E-state index contributed by atoms with van der Waals surface area (Å²) in [7, 11) is 0. The fraction of sp³-hybridized carbons (Fsp3) is 0.118. The van der Waals surface area contributed by atoms with Gasteiger partial charge in [-0.05, 0) is 29.8 Å². The second kappa shape index (κ2) is 8.48. The van der Waals surface area contributed by atoms with Crippen molar-refractivity contribution in [2.24, 2.45) is 21.0 Å². The van der Waals surface area contributed by atoms with Crippen molar-refractivity contribution in [1.29, 1.82) is 0 Å². The molecule has 0 aliphatic rings. The van der Waals surface area contributed by atoms with E-state index in [1.807, 2.05) is 0 Å². The van der Waals surface area contributed by atoms with E-state index in [-0.39, 0.29) is 11.5 Å². The van der Waals surface area contributed by atoms with Crippen molar-refractivity contribution in [1.82, 2.24) is 5.43 Å². The van der Waals surface area contributed by atoms with Gasteiger partial charge in [0.25, 0.3) is 5.92 Å². The van der Waals surface area contributed by atoms with Crippen LogP contribution in [-0.2, 0) is 5.92 Å². The fourth-order valence-electron chi connectivity index (χ4n) is 1.80. The summed E-state index contributed by atoms with van der Waals surface area (Å²) in [6.45, 7) is 0.691. The maximum atomic E-state index is 13.8. The summed E-state index contributed by atoms with van der Waals surface area (Å²) in [6, 6.07) is 9.98. The lowest BCUT2D eigenvalue weighted by Gasteiger charge is -2.10. The molecule has 0 unspecified atom stereocenters. The van der Waals surface area contributed by atoms with Crippen molar-refractivity contribution in [3.05, 3.63) is 70.0 Å². The predicted molar refractivity (Wildman–Crippen MR) is 97.4 cm³/mol. The molecule has 0 aliphatic heterocycles. The number of hydrogen-bond donors (Lipinski definition) is 2. The van der Waals surface area contributed by atoms with E-state index in [0.29, 0.717) is 11.9 Å². The van der Waals surface area contributed by atoms with E-state index in [9.17, 15) is 13.2 Å². The van der Waals surface area contributed by atoms with Crippen molar-refractivity contribution in [3.63, 3.8) is 0 Å². The summed E-state index contributed by atoms with van der Waals surface area (Å²) in [4.78, 5) is 0. The largest absolute Gasteiger partial charge is 0.367 e. The Bertz CT molecular complexity index is 842. The van der Waals surface area contributed by atoms with Crippen LogP contribution in [0.5, 0.6) is 0 Å². The average Bonchev–Trinajstić information content (AvgIpc) is 2.57. The van der Waals surface area contributed by atoms with Gasteiger partial charge >= 0.3 is 0 Å². The van der Waals surface area contributed by atoms with E-state index in [1.54, 1.807) is 24.3 Å². The average molecular weight is 382 g/mol. The maximum absolute atomic E-state index is 13.8. The van der Waals surface area contributed by atoms with Crippen LogP contribution in [0.15, 0.2) is 57.8 Å². The molecule has 0 radical (unpaired) electrons. The molecule has 5 nitrogen and oxygen atoms in total. The molecule has 0 saturated carbocycles. The number of halogens is 4. The fourth-order valence-corrected chi connectivity index (χ4v) is 1.93. The Morgan fingerprint density at radius 1 is 1.15 bits per heavy atom. The molecular weight excluding hydrogens is 367 g/mol. The Kier molecular flexibility index (Phi) is 6.35. The highest BCUT2D eigenvalue weighted by atomic mass is 35.5. The lowest BCUT2D eigenvalue weighted by Crippen LogP contribution is -2.26. The van der Waals surface area contributed by atoms with Gasteiger partial charge < -0.3 is 5.73 Å². The second-order valence-electron chi connectivity index (χ2n) is 5.28. The third-order valence-electron chi connectivity index (χ3n) is 3.13. The Hall–Kier alpha value is -2.87. The van der Waals surface area contributed by atoms with E-state index in [2.05, 4.69) is 20.7 Å². The van der Waals surface area contributed by atoms with E-state index < -0.39 is 17.3 Å². The first-order valence-electron chi connectivity index (χ1n) is 7.34. The summed E-state index contributed by atoms with van der Waals surface area (Å²) < 4.78 is 40.0. The summed E-state index contributed by atoms with van der Waals surface area (Å²) in [5, 5.41) is 11.6. The number of rotatable bonds is 5. The number of hydrogen-bond acceptors (Lipinski definition) is 3. The zero-order valence-electron chi connectivity index (χ0n) is 13.6. The second-order valence-corrected chi connectivity index (χ2v) is 5.71. The number of guanidine groups is 1. The molecule has 2 aromatic rings. The van der Waals surface area contributed by atoms with Gasteiger partial charge in [0.05, 0.1) is 12.4 Å². The van der Waals surface area contributed by atoms with Crippen molar-refractivity contribution < 1.29 is 13.2 Å². The number of benzene rings is 2. The van der Waals surface area contributed by atoms with Crippen molar-refractivity contribution in [3.8, 4) is 0 Å². The molecule has 26 heavy (non-hydrogen) atoms. The highest BCUT2D eigenvalue weighted by Gasteiger charge is 2.24. The van der Waals surface area contributed by atoms with Gasteiger partial charge in [-0.3, -0.25) is 0 Å². The smallest absolute Gasteiger partial charge is 0.270 e. The summed E-state index contributed by atoms with van der Waals surface area (Å²) in [5.41, 5.74) is 8.34. The van der Waals surface area contributed by atoms with Crippen molar-refractivity contribution >= 4 is 30.0 Å². The predicted octanol–water partition coefficient (Wildman–Crippen LogP) is 3.86. The van der Waals surface area contributed by atoms with Crippen molar-refractivity contribution in [2.75, 3.05) is 0 Å². The first-order chi connectivity index (χ1) is 12.3. The third kappa shape index (κ3) is 5.89. The summed E-state index contributed by atoms with van der Waals surface area (Å²) in [5.74, 6) is -4.09. The molecule has 0 aromatic heterocycles. The molecule has 0 aliphatic carbocycles. The molecular formula is C17H15ClF3N5. The molecule has 0 spiro atoms. The molecule has 0 atom stereocenters. The van der Waals surface area contributed by atoms with E-state index >= 15 is 0 Å². The van der Waals surface area contributed by atoms with Gasteiger partial charge in [0.1, 0.15) is 5.82 Å². The molecule has 3 N–H and O–H groups in total. The quantitative estimate of drug-likeness (QED) is 0.468. The Morgan fingerprint density at radius 3 is 2.46 bits per heavy atom. The monoisotopic (exact) mass is 381 g/mol. The number of alkyl halides is 2. The minimum Gasteiger partial charge on any atom is -0.367 e. The van der Waals surface area contributed by atoms with Crippen LogP contribution < -0.4 is 11.2 Å². The number of nitrogens with one attached hydrogen (secondary N) is 1. The van der Waals surface area contributed by atoms with Gasteiger partial charge in [0, 0.05) is 23.1 Å². The Morgan fingerprint density at radius 2 is 1.85 bits per heavy atom. The molecule has 0 bridgehead atoms. The van der Waals surface area contributed by atoms with Gasteiger partial charge in [0.15, 0.2) is 0 Å². The number of nitrogens with two attached hydrogens (primary N) is 1. The SMILES string of the molecule is CC(F)(F)c1ccc(/C=N/N=C(N)N/N=C/c2ccc(Cl)cc2)c(F)c1. The first kappa shape index (κ1) is 19.5. The van der Waals surface area contributed by atoms with Gasteiger partial charge in [0.2, 0.25) is 5.96 Å². The van der Waals surface area contributed by atoms with Gasteiger partial charge in [-0.2, -0.15) is 10.2 Å². The molecule has 0 amide bonds. The molecule has 2 aromatic carbocycles. The topological polar surface area (TPSA) is 75.1 Å². The number of nitrogens with zero attached hydrogens (tertiary/aromatic N) is 3. The summed E-state index contributed by atoms with van der Waals surface area (Å²) in [6.07, 6.45) is 2.55. The Balaban J connectivity index is 1.96. The normalized spacial score (nSPS) is 12.9. The van der Waals surface area contributed by atoms with Crippen LogP contribution in [0.1, 0.15) is 23.6 Å². The molecule has 0 fully saturated rings. The van der Waals surface area contributed by atoms with E-state index in [0.717, 1.165) is 23.9 Å². The standard InChI is InChI=1S/C17H15ClF3N5/c1-17(20,21)13-5-4-12(15(19)8-13)10-24-26-16(22)25-23-9-11-2-6-14(18)7-3-11/h2-10H,1H3,(H3,22,25,26)/b23-9+,24-10+. The van der Waals surface area contributed by atoms with E-state index in [4.69, 9.17) is 17.3 Å². The van der Waals surface area contributed by atoms with Crippen LogP contribution >= 0.6 is 11.6 Å². The molecule has 2 rings (SSSR count). The van der Waals surface area contributed by atoms with Gasteiger partial charge in [-0.25, -0.2) is 18.6 Å². The molecule has 0 saturated heterocycles. The lowest BCUT2D eigenvalue weighted by atomic mass is 10.1. The highest BCUT2D eigenvalue weighted by Crippen LogP contribution is 2.27. The maximum Gasteiger partial charge on any atom is 0.270 e. The van der Waals surface area contributed by atoms with Crippen LogP contribution in [-0.4, -0.2) is 18.4 Å². The van der Waals surface area contributed by atoms with Crippen LogP contribution in [0.4, 0.5) is 13.2 Å². The zero-order chi connectivity index (χ0) is 19.2. The van der Waals surface area contributed by atoms with Crippen LogP contribution in [0.2, 0.25) is 5.02 Å². The van der Waals surface area contributed by atoms with Gasteiger partial charge in [-0.1, -0.05) is 29.8 Å². The van der Waals surface area contributed by atoms with Gasteiger partial charge in [-0.15, -0.1) is 5.10 Å². The third-order valence-corrected chi connectivity index (χ3v) is 3.38. The minimum atomic E-state index is -3.12. The zero-order valence-corrected chi connectivity index (χ0v) is 14.4.